The van der Waals surface area contributed by atoms with Crippen molar-refractivity contribution in [3.63, 3.8) is 0 Å². The molecule has 2 aliphatic rings. The van der Waals surface area contributed by atoms with Crippen molar-refractivity contribution in [2.75, 3.05) is 26.4 Å². The molecule has 2 heterocycles. The normalized spacial score (nSPS) is 23.7. The topological polar surface area (TPSA) is 62.8 Å². The molecular weight excluding hydrogens is 348 g/mol. The highest BCUT2D eigenvalue weighted by Crippen LogP contribution is 2.39. The summed E-state index contributed by atoms with van der Waals surface area (Å²) in [5.74, 6) is 1.85. The first-order valence-electron chi connectivity index (χ1n) is 6.41. The molecule has 2 unspecified atom stereocenters. The number of aliphatic hydroxyl groups is 1. The second kappa shape index (κ2) is 6.95. The molecule has 3 N–H and O–H groups in total. The van der Waals surface area contributed by atoms with Crippen LogP contribution in [0.3, 0.4) is 0 Å². The monoisotopic (exact) mass is 364 g/mol. The Bertz CT molecular complexity index is 475. The maximum Gasteiger partial charge on any atom is 0.231 e. The average Bonchev–Trinajstić information content (AvgIpc) is 2.99. The van der Waals surface area contributed by atoms with Crippen LogP contribution in [0.2, 0.25) is 0 Å². The van der Waals surface area contributed by atoms with Gasteiger partial charge in [-0.15, -0.1) is 12.4 Å². The number of hydrogen-bond donors (Lipinski definition) is 3. The molecule has 0 amide bonds. The Labute approximate surface area is 132 Å². The second-order valence-corrected chi connectivity index (χ2v) is 5.78. The Kier molecular flexibility index (Phi) is 5.51. The van der Waals surface area contributed by atoms with Crippen LogP contribution in [0.4, 0.5) is 0 Å². The van der Waals surface area contributed by atoms with Crippen molar-refractivity contribution < 1.29 is 14.6 Å². The van der Waals surface area contributed by atoms with Gasteiger partial charge in [-0.2, -0.15) is 0 Å². The first kappa shape index (κ1) is 15.9. The van der Waals surface area contributed by atoms with Crippen molar-refractivity contribution in [1.82, 2.24) is 10.6 Å². The van der Waals surface area contributed by atoms with Crippen LogP contribution in [0.1, 0.15) is 5.56 Å². The van der Waals surface area contributed by atoms with Gasteiger partial charge in [0.1, 0.15) is 0 Å². The molecule has 20 heavy (non-hydrogen) atoms. The molecule has 5 nitrogen and oxygen atoms in total. The number of nitrogens with one attached hydrogen (secondary N) is 2. The third-order valence-electron chi connectivity index (χ3n) is 3.53. The fourth-order valence-electron chi connectivity index (χ4n) is 2.45. The van der Waals surface area contributed by atoms with E-state index >= 15 is 0 Å². The standard InChI is InChI=1S/C13H17BrN2O3.ClH/c14-10-1-8(2-12-13(10)19-7-18-12)3-15-4-9-5-16-6-11(9)17;/h1-2,9,11,15-17H,3-7H2;1H. The van der Waals surface area contributed by atoms with Gasteiger partial charge in [0.25, 0.3) is 0 Å². The van der Waals surface area contributed by atoms with E-state index in [0.29, 0.717) is 6.54 Å². The zero-order valence-corrected chi connectivity index (χ0v) is 13.3. The number of benzene rings is 1. The van der Waals surface area contributed by atoms with E-state index in [-0.39, 0.29) is 31.2 Å². The Balaban J connectivity index is 0.00000147. The maximum atomic E-state index is 9.71. The second-order valence-electron chi connectivity index (χ2n) is 4.93. The third kappa shape index (κ3) is 3.38. The number of rotatable bonds is 4. The van der Waals surface area contributed by atoms with E-state index in [1.165, 1.54) is 0 Å². The van der Waals surface area contributed by atoms with Crippen molar-refractivity contribution in [2.45, 2.75) is 12.6 Å². The number of β-amino-alcohol motifs (C(OH)–C–C–N with tert-alkyl or cyclic N) is 1. The highest BCUT2D eigenvalue weighted by molar-refractivity contribution is 9.10. The lowest BCUT2D eigenvalue weighted by molar-refractivity contribution is 0.146. The lowest BCUT2D eigenvalue weighted by Crippen LogP contribution is -2.30. The summed E-state index contributed by atoms with van der Waals surface area (Å²) in [6.07, 6.45) is -0.240. The van der Waals surface area contributed by atoms with Crippen LogP contribution in [0.15, 0.2) is 16.6 Å². The molecule has 0 radical (unpaired) electrons. The van der Waals surface area contributed by atoms with Crippen molar-refractivity contribution >= 4 is 28.3 Å². The summed E-state index contributed by atoms with van der Waals surface area (Å²) < 4.78 is 11.7. The predicted octanol–water partition coefficient (Wildman–Crippen LogP) is 1.27. The number of halogens is 2. The third-order valence-corrected chi connectivity index (χ3v) is 4.12. The molecule has 2 atom stereocenters. The number of aliphatic hydroxyl groups excluding tert-OH is 1. The van der Waals surface area contributed by atoms with E-state index in [9.17, 15) is 5.11 Å². The molecule has 0 aliphatic carbocycles. The molecule has 7 heteroatoms. The zero-order valence-electron chi connectivity index (χ0n) is 10.9. The summed E-state index contributed by atoms with van der Waals surface area (Å²) in [4.78, 5) is 0. The molecule has 0 saturated carbocycles. The van der Waals surface area contributed by atoms with Gasteiger partial charge in [-0.3, -0.25) is 0 Å². The van der Waals surface area contributed by atoms with Crippen LogP contribution >= 0.6 is 28.3 Å². The van der Waals surface area contributed by atoms with E-state index in [0.717, 1.165) is 41.2 Å². The minimum absolute atomic E-state index is 0. The van der Waals surface area contributed by atoms with E-state index in [4.69, 9.17) is 9.47 Å². The van der Waals surface area contributed by atoms with Gasteiger partial charge in [-0.25, -0.2) is 0 Å². The Morgan fingerprint density at radius 1 is 1.35 bits per heavy atom. The summed E-state index contributed by atoms with van der Waals surface area (Å²) in [5, 5.41) is 16.3. The van der Waals surface area contributed by atoms with Crippen LogP contribution < -0.4 is 20.1 Å². The van der Waals surface area contributed by atoms with E-state index < -0.39 is 0 Å². The lowest BCUT2D eigenvalue weighted by Gasteiger charge is -2.14. The summed E-state index contributed by atoms with van der Waals surface area (Å²) in [7, 11) is 0. The smallest absolute Gasteiger partial charge is 0.231 e. The van der Waals surface area contributed by atoms with Gasteiger partial charge < -0.3 is 25.2 Å². The molecule has 0 spiro atoms. The molecule has 2 aliphatic heterocycles. The number of ether oxygens (including phenoxy) is 2. The van der Waals surface area contributed by atoms with Crippen molar-refractivity contribution in [3.8, 4) is 11.5 Å². The van der Waals surface area contributed by atoms with Gasteiger partial charge in [0.05, 0.1) is 10.6 Å². The largest absolute Gasteiger partial charge is 0.454 e. The molecule has 112 valence electrons. The highest BCUT2D eigenvalue weighted by atomic mass is 79.9. The highest BCUT2D eigenvalue weighted by Gasteiger charge is 2.24. The predicted molar refractivity (Wildman–Crippen MR) is 81.6 cm³/mol. The molecule has 0 aromatic heterocycles. The van der Waals surface area contributed by atoms with Crippen LogP contribution in [0.5, 0.6) is 11.5 Å². The maximum absolute atomic E-state index is 9.71. The first-order valence-corrected chi connectivity index (χ1v) is 7.21. The van der Waals surface area contributed by atoms with E-state index in [1.54, 1.807) is 0 Å². The summed E-state index contributed by atoms with van der Waals surface area (Å²) in [6.45, 7) is 3.41. The summed E-state index contributed by atoms with van der Waals surface area (Å²) in [5.41, 5.74) is 1.14. The minimum Gasteiger partial charge on any atom is -0.454 e. The fourth-order valence-corrected chi connectivity index (χ4v) is 3.06. The van der Waals surface area contributed by atoms with Crippen LogP contribution in [0.25, 0.3) is 0 Å². The lowest BCUT2D eigenvalue weighted by atomic mass is 10.1. The van der Waals surface area contributed by atoms with Gasteiger partial charge in [0, 0.05) is 32.1 Å². The van der Waals surface area contributed by atoms with Gasteiger partial charge in [-0.1, -0.05) is 0 Å². The van der Waals surface area contributed by atoms with Crippen LogP contribution in [-0.4, -0.2) is 37.6 Å². The SMILES string of the molecule is Cl.OC1CNCC1CNCc1cc(Br)c2c(c1)OCO2. The molecule has 1 aromatic carbocycles. The van der Waals surface area contributed by atoms with Crippen molar-refractivity contribution in [3.05, 3.63) is 22.2 Å². The molecule has 3 rings (SSSR count). The number of fused-ring (bicyclic) bond motifs is 1. The molecule has 1 aromatic rings. The summed E-state index contributed by atoms with van der Waals surface area (Å²) in [6, 6.07) is 4.02. The molecule has 1 fully saturated rings. The fraction of sp³-hybridized carbons (Fsp3) is 0.538. The average molecular weight is 366 g/mol. The number of hydrogen-bond acceptors (Lipinski definition) is 5. The van der Waals surface area contributed by atoms with Crippen LogP contribution in [0, 0.1) is 5.92 Å². The van der Waals surface area contributed by atoms with Gasteiger partial charge in [0.2, 0.25) is 6.79 Å². The minimum atomic E-state index is -0.240. The molecule has 1 saturated heterocycles. The van der Waals surface area contributed by atoms with Gasteiger partial charge in [-0.05, 0) is 33.6 Å². The molecule has 0 bridgehead atoms. The van der Waals surface area contributed by atoms with E-state index in [1.807, 2.05) is 12.1 Å². The Morgan fingerprint density at radius 3 is 2.95 bits per heavy atom. The van der Waals surface area contributed by atoms with Crippen molar-refractivity contribution in [1.29, 1.82) is 0 Å². The van der Waals surface area contributed by atoms with Crippen molar-refractivity contribution in [2.24, 2.45) is 5.92 Å². The van der Waals surface area contributed by atoms with E-state index in [2.05, 4.69) is 26.6 Å². The molecular formula is C13H18BrClN2O3. The zero-order chi connectivity index (χ0) is 13.2. The van der Waals surface area contributed by atoms with Gasteiger partial charge >= 0.3 is 0 Å². The Hall–Kier alpha value is -0.530. The van der Waals surface area contributed by atoms with Gasteiger partial charge in [0.15, 0.2) is 11.5 Å². The summed E-state index contributed by atoms with van der Waals surface area (Å²) >= 11 is 3.48. The quantitative estimate of drug-likeness (QED) is 0.750. The Morgan fingerprint density at radius 2 is 2.20 bits per heavy atom. The first-order chi connectivity index (χ1) is 9.24. The van der Waals surface area contributed by atoms with Crippen LogP contribution in [-0.2, 0) is 6.54 Å².